The molecule has 1 N–H and O–H groups in total. The van der Waals surface area contributed by atoms with Gasteiger partial charge in [-0.25, -0.2) is 13.1 Å². The minimum absolute atomic E-state index is 0.0394. The average Bonchev–Trinajstić information content (AvgIpc) is 3.08. The van der Waals surface area contributed by atoms with E-state index in [-0.39, 0.29) is 23.0 Å². The third-order valence-corrected chi connectivity index (χ3v) is 6.42. The lowest BCUT2D eigenvalue weighted by Crippen LogP contribution is -2.25. The van der Waals surface area contributed by atoms with Gasteiger partial charge in [-0.1, -0.05) is 12.1 Å². The highest BCUT2D eigenvalue weighted by Gasteiger charge is 2.23. The third-order valence-electron chi connectivity index (χ3n) is 4.89. The fourth-order valence-corrected chi connectivity index (χ4v) is 4.52. The smallest absolute Gasteiger partial charge is 0.271 e. The quantitative estimate of drug-likeness (QED) is 0.589. The molecule has 1 aliphatic rings. The van der Waals surface area contributed by atoms with Crippen molar-refractivity contribution in [3.8, 4) is 0 Å². The van der Waals surface area contributed by atoms with Gasteiger partial charge in [0.25, 0.3) is 5.69 Å². The molecule has 1 fully saturated rings. The van der Waals surface area contributed by atoms with Gasteiger partial charge in [-0.3, -0.25) is 14.9 Å². The molecular formula is C19H21N3O5S. The number of nitro benzene ring substituents is 1. The highest BCUT2D eigenvalue weighted by Crippen LogP contribution is 2.26. The molecule has 0 unspecified atom stereocenters. The number of sulfonamides is 1. The first-order chi connectivity index (χ1) is 13.2. The van der Waals surface area contributed by atoms with Crippen LogP contribution in [0.1, 0.15) is 29.5 Å². The predicted molar refractivity (Wildman–Crippen MR) is 105 cm³/mol. The van der Waals surface area contributed by atoms with Crippen LogP contribution in [0, 0.1) is 24.0 Å². The van der Waals surface area contributed by atoms with E-state index in [2.05, 4.69) is 4.72 Å². The lowest BCUT2D eigenvalue weighted by atomic mass is 10.1. The third kappa shape index (κ3) is 4.05. The van der Waals surface area contributed by atoms with Crippen LogP contribution in [-0.4, -0.2) is 25.8 Å². The number of nitro groups is 1. The Morgan fingerprint density at radius 3 is 2.43 bits per heavy atom. The molecule has 1 saturated heterocycles. The van der Waals surface area contributed by atoms with Gasteiger partial charge in [-0.2, -0.15) is 0 Å². The summed E-state index contributed by atoms with van der Waals surface area (Å²) in [4.78, 5) is 23.8. The molecule has 0 spiro atoms. The molecule has 148 valence electrons. The summed E-state index contributed by atoms with van der Waals surface area (Å²) in [6.07, 6.45) is 1.38. The summed E-state index contributed by atoms with van der Waals surface area (Å²) < 4.78 is 27.9. The summed E-state index contributed by atoms with van der Waals surface area (Å²) >= 11 is 0. The Hall–Kier alpha value is -2.78. The highest BCUT2D eigenvalue weighted by molar-refractivity contribution is 7.89. The predicted octanol–water partition coefficient (Wildman–Crippen LogP) is 2.82. The zero-order chi connectivity index (χ0) is 20.5. The standard InChI is InChI=1S/C19H21N3O5S/c1-13-10-17(22(24)25)11-18(14(13)2)28(26,27)20-12-15-5-7-16(8-6-15)21-9-3-4-19(21)23/h5-8,10-11,20H,3-4,9,12H2,1-2H3. The number of benzene rings is 2. The number of rotatable bonds is 6. The van der Waals surface area contributed by atoms with Crippen LogP contribution in [0.25, 0.3) is 0 Å². The van der Waals surface area contributed by atoms with Gasteiger partial charge >= 0.3 is 0 Å². The largest absolute Gasteiger partial charge is 0.312 e. The Labute approximate surface area is 163 Å². The van der Waals surface area contributed by atoms with Crippen LogP contribution < -0.4 is 9.62 Å². The molecule has 1 aliphatic heterocycles. The molecule has 3 rings (SSSR count). The number of hydrogen-bond acceptors (Lipinski definition) is 5. The molecule has 1 heterocycles. The van der Waals surface area contributed by atoms with Gasteiger partial charge in [0.05, 0.1) is 9.82 Å². The Morgan fingerprint density at radius 1 is 1.18 bits per heavy atom. The molecule has 0 aliphatic carbocycles. The van der Waals surface area contributed by atoms with Crippen molar-refractivity contribution >= 4 is 27.3 Å². The molecule has 0 bridgehead atoms. The van der Waals surface area contributed by atoms with Gasteiger partial charge in [0.15, 0.2) is 0 Å². The molecule has 8 nitrogen and oxygen atoms in total. The van der Waals surface area contributed by atoms with E-state index in [1.807, 2.05) is 0 Å². The van der Waals surface area contributed by atoms with Gasteiger partial charge in [0.2, 0.25) is 15.9 Å². The van der Waals surface area contributed by atoms with Crippen LogP contribution in [0.2, 0.25) is 0 Å². The fraction of sp³-hybridized carbons (Fsp3) is 0.316. The maximum absolute atomic E-state index is 12.7. The van der Waals surface area contributed by atoms with Crippen LogP contribution in [0.3, 0.4) is 0 Å². The minimum atomic E-state index is -3.92. The van der Waals surface area contributed by atoms with E-state index in [1.165, 1.54) is 6.07 Å². The van der Waals surface area contributed by atoms with Gasteiger partial charge in [-0.15, -0.1) is 0 Å². The first kappa shape index (κ1) is 20.0. The number of nitrogens with zero attached hydrogens (tertiary/aromatic N) is 2. The molecule has 1 amide bonds. The van der Waals surface area contributed by atoms with Gasteiger partial charge in [0, 0.05) is 37.3 Å². The summed E-state index contributed by atoms with van der Waals surface area (Å²) in [5.41, 5.74) is 2.26. The second-order valence-corrected chi connectivity index (χ2v) is 8.52. The van der Waals surface area contributed by atoms with Crippen LogP contribution >= 0.6 is 0 Å². The second kappa shape index (κ2) is 7.69. The lowest BCUT2D eigenvalue weighted by Gasteiger charge is -2.16. The molecular weight excluding hydrogens is 382 g/mol. The molecule has 2 aromatic carbocycles. The SMILES string of the molecule is Cc1cc([N+](=O)[O-])cc(S(=O)(=O)NCc2ccc(N3CCCC3=O)cc2)c1C. The number of carbonyl (C=O) groups excluding carboxylic acids is 1. The van der Waals surface area contributed by atoms with Crippen molar-refractivity contribution in [3.63, 3.8) is 0 Å². The molecule has 9 heteroatoms. The van der Waals surface area contributed by atoms with E-state index >= 15 is 0 Å². The van der Waals surface area contributed by atoms with Crippen molar-refractivity contribution in [2.24, 2.45) is 0 Å². The van der Waals surface area contributed by atoms with Crippen molar-refractivity contribution in [1.82, 2.24) is 4.72 Å². The topological polar surface area (TPSA) is 110 Å². The van der Waals surface area contributed by atoms with Crippen molar-refractivity contribution < 1.29 is 18.1 Å². The van der Waals surface area contributed by atoms with E-state index in [4.69, 9.17) is 0 Å². The molecule has 28 heavy (non-hydrogen) atoms. The second-order valence-electron chi connectivity index (χ2n) is 6.78. The zero-order valence-electron chi connectivity index (χ0n) is 15.6. The zero-order valence-corrected chi connectivity index (χ0v) is 16.5. The van der Waals surface area contributed by atoms with Crippen LogP contribution in [-0.2, 0) is 21.4 Å². The van der Waals surface area contributed by atoms with Gasteiger partial charge < -0.3 is 4.90 Å². The van der Waals surface area contributed by atoms with Gasteiger partial charge in [0.1, 0.15) is 0 Å². The van der Waals surface area contributed by atoms with Crippen molar-refractivity contribution in [2.45, 2.75) is 38.1 Å². The van der Waals surface area contributed by atoms with E-state index in [1.54, 1.807) is 43.0 Å². The van der Waals surface area contributed by atoms with Crippen molar-refractivity contribution in [3.05, 3.63) is 63.2 Å². The normalized spacial score (nSPS) is 14.5. The molecule has 2 aromatic rings. The monoisotopic (exact) mass is 403 g/mol. The number of carbonyl (C=O) groups is 1. The lowest BCUT2D eigenvalue weighted by molar-refractivity contribution is -0.385. The van der Waals surface area contributed by atoms with Crippen LogP contribution in [0.15, 0.2) is 41.3 Å². The molecule has 0 aromatic heterocycles. The molecule has 0 radical (unpaired) electrons. The number of hydrogen-bond donors (Lipinski definition) is 1. The summed E-state index contributed by atoms with van der Waals surface area (Å²) in [6.45, 7) is 3.99. The number of amides is 1. The van der Waals surface area contributed by atoms with E-state index in [9.17, 15) is 23.3 Å². The molecule has 0 atom stereocenters. The summed E-state index contributed by atoms with van der Waals surface area (Å²) in [7, 11) is -3.92. The first-order valence-electron chi connectivity index (χ1n) is 8.83. The number of nitrogens with one attached hydrogen (secondary N) is 1. The van der Waals surface area contributed by atoms with Gasteiger partial charge in [-0.05, 0) is 49.1 Å². The Balaban J connectivity index is 1.77. The maximum Gasteiger partial charge on any atom is 0.271 e. The van der Waals surface area contributed by atoms with E-state index < -0.39 is 14.9 Å². The van der Waals surface area contributed by atoms with E-state index in [0.717, 1.165) is 23.7 Å². The number of aryl methyl sites for hydroxylation is 1. The Bertz CT molecular complexity index is 1030. The Morgan fingerprint density at radius 2 is 1.86 bits per heavy atom. The molecule has 0 saturated carbocycles. The Kier molecular flexibility index (Phi) is 5.48. The maximum atomic E-state index is 12.7. The average molecular weight is 403 g/mol. The summed E-state index contributed by atoms with van der Waals surface area (Å²) in [6, 6.07) is 9.52. The van der Waals surface area contributed by atoms with Crippen LogP contribution in [0.5, 0.6) is 0 Å². The number of anilines is 1. The minimum Gasteiger partial charge on any atom is -0.312 e. The summed E-state index contributed by atoms with van der Waals surface area (Å²) in [5, 5.41) is 11.0. The van der Waals surface area contributed by atoms with Crippen molar-refractivity contribution in [1.29, 1.82) is 0 Å². The summed E-state index contributed by atoms with van der Waals surface area (Å²) in [5.74, 6) is 0.0879. The fourth-order valence-electron chi connectivity index (χ4n) is 3.16. The van der Waals surface area contributed by atoms with E-state index in [0.29, 0.717) is 24.1 Å². The van der Waals surface area contributed by atoms with Crippen molar-refractivity contribution in [2.75, 3.05) is 11.4 Å². The van der Waals surface area contributed by atoms with Crippen LogP contribution in [0.4, 0.5) is 11.4 Å². The number of non-ortho nitro benzene ring substituents is 1. The first-order valence-corrected chi connectivity index (χ1v) is 10.3. The highest BCUT2D eigenvalue weighted by atomic mass is 32.2.